The Bertz CT molecular complexity index is 1250. The number of imidazole rings is 1. The van der Waals surface area contributed by atoms with E-state index in [1.807, 2.05) is 34.9 Å². The van der Waals surface area contributed by atoms with Crippen LogP contribution in [-0.2, 0) is 19.3 Å². The number of benzene rings is 1. The van der Waals surface area contributed by atoms with Gasteiger partial charge in [-0.1, -0.05) is 12.1 Å². The molecule has 3 heterocycles. The maximum atomic E-state index is 12.7. The fourth-order valence-corrected chi connectivity index (χ4v) is 5.62. The zero-order chi connectivity index (χ0) is 21.8. The predicted molar refractivity (Wildman–Crippen MR) is 120 cm³/mol. The second-order valence-corrected chi connectivity index (χ2v) is 10.6. The molecule has 1 saturated heterocycles. The van der Waals surface area contributed by atoms with Crippen LogP contribution >= 0.6 is 0 Å². The minimum atomic E-state index is -3.32. The molecule has 1 saturated carbocycles. The van der Waals surface area contributed by atoms with Crippen molar-refractivity contribution >= 4 is 32.6 Å². The first-order valence-corrected chi connectivity index (χ1v) is 12.3. The number of para-hydroxylation sites is 2. The molecule has 1 unspecified atom stereocenters. The topological polar surface area (TPSA) is 102 Å². The van der Waals surface area contributed by atoms with Gasteiger partial charge in [-0.05, 0) is 31.9 Å². The number of ether oxygens (including phenoxy) is 1. The molecule has 0 amide bonds. The minimum Gasteiger partial charge on any atom is -0.377 e. The van der Waals surface area contributed by atoms with Crippen LogP contribution < -0.4 is 10.2 Å². The molecule has 10 heteroatoms. The molecule has 31 heavy (non-hydrogen) atoms. The predicted octanol–water partition coefficient (Wildman–Crippen LogP) is 2.12. The van der Waals surface area contributed by atoms with E-state index < -0.39 is 14.6 Å². The van der Waals surface area contributed by atoms with Crippen molar-refractivity contribution in [1.82, 2.24) is 19.5 Å². The molecule has 5 rings (SSSR count). The van der Waals surface area contributed by atoms with Gasteiger partial charge in [-0.3, -0.25) is 0 Å². The monoisotopic (exact) mass is 442 g/mol. The van der Waals surface area contributed by atoms with Gasteiger partial charge in [0.1, 0.15) is 10.6 Å². The Kier molecular flexibility index (Phi) is 4.67. The van der Waals surface area contributed by atoms with Gasteiger partial charge < -0.3 is 15.0 Å². The van der Waals surface area contributed by atoms with Gasteiger partial charge in [0.25, 0.3) is 0 Å². The Morgan fingerprint density at radius 3 is 2.65 bits per heavy atom. The molecule has 1 N–H and O–H groups in total. The summed E-state index contributed by atoms with van der Waals surface area (Å²) < 4.78 is 31.9. The number of anilines is 2. The first-order chi connectivity index (χ1) is 14.8. The van der Waals surface area contributed by atoms with Gasteiger partial charge in [0.2, 0.25) is 11.9 Å². The summed E-state index contributed by atoms with van der Waals surface area (Å²) in [7, 11) is -1.53. The normalized spacial score (nSPS) is 20.7. The molecular formula is C21H26N6O3S. The molecule has 2 fully saturated rings. The van der Waals surface area contributed by atoms with Crippen LogP contribution in [0.25, 0.3) is 17.0 Å². The van der Waals surface area contributed by atoms with Gasteiger partial charge in [0, 0.05) is 25.9 Å². The molecule has 0 radical (unpaired) electrons. The average Bonchev–Trinajstić information content (AvgIpc) is 3.49. The smallest absolute Gasteiger partial charge is 0.239 e. The Hall–Kier alpha value is -2.72. The van der Waals surface area contributed by atoms with Crippen LogP contribution in [-0.4, -0.2) is 67.0 Å². The largest absolute Gasteiger partial charge is 0.377 e. The Morgan fingerprint density at radius 1 is 1.19 bits per heavy atom. The highest BCUT2D eigenvalue weighted by atomic mass is 32.2. The van der Waals surface area contributed by atoms with Gasteiger partial charge in [0.05, 0.1) is 36.0 Å². The van der Waals surface area contributed by atoms with Crippen molar-refractivity contribution in [1.29, 1.82) is 0 Å². The van der Waals surface area contributed by atoms with E-state index >= 15 is 0 Å². The lowest BCUT2D eigenvalue weighted by Gasteiger charge is -2.34. The standard InChI is InChI=1S/C21H26N6O3S/c1-14-13-30-11-10-26(14)18-12-17(21(8-9-21)31(3,28)29)24-20(25-18)27-16-7-5-4-6-15(16)23-19(27)22-2/h4-7,12,14H,8-11,13H2,1-3H3,(H,22,23). The molecule has 1 aliphatic heterocycles. The zero-order valence-electron chi connectivity index (χ0n) is 17.9. The van der Waals surface area contributed by atoms with Gasteiger partial charge in [-0.25, -0.2) is 23.0 Å². The Labute approximate surface area is 181 Å². The molecular weight excluding hydrogens is 416 g/mol. The van der Waals surface area contributed by atoms with Crippen LogP contribution in [0.1, 0.15) is 25.5 Å². The summed E-state index contributed by atoms with van der Waals surface area (Å²) in [6.45, 7) is 3.97. The molecule has 0 spiro atoms. The SMILES string of the molecule is CNc1nc2ccccc2n1-c1nc(N2CCOCC2C)cc(C2(S(C)(=O)=O)CC2)n1. The molecule has 1 aromatic carbocycles. The zero-order valence-corrected chi connectivity index (χ0v) is 18.7. The van der Waals surface area contributed by atoms with E-state index in [0.717, 1.165) is 11.0 Å². The highest BCUT2D eigenvalue weighted by Crippen LogP contribution is 2.52. The second-order valence-electron chi connectivity index (χ2n) is 8.30. The summed E-state index contributed by atoms with van der Waals surface area (Å²) in [5.41, 5.74) is 2.22. The summed E-state index contributed by atoms with van der Waals surface area (Å²) in [5.74, 6) is 1.73. The number of hydrogen-bond acceptors (Lipinski definition) is 8. The summed E-state index contributed by atoms with van der Waals surface area (Å²) in [4.78, 5) is 16.5. The number of aromatic nitrogens is 4. The number of rotatable bonds is 5. The van der Waals surface area contributed by atoms with Crippen molar-refractivity contribution in [3.63, 3.8) is 0 Å². The quantitative estimate of drug-likeness (QED) is 0.641. The van der Waals surface area contributed by atoms with Gasteiger partial charge in [0.15, 0.2) is 9.84 Å². The second kappa shape index (κ2) is 7.16. The van der Waals surface area contributed by atoms with E-state index in [9.17, 15) is 8.42 Å². The van der Waals surface area contributed by atoms with Crippen LogP contribution in [0.4, 0.5) is 11.8 Å². The van der Waals surface area contributed by atoms with E-state index in [-0.39, 0.29) is 6.04 Å². The number of hydrogen-bond donors (Lipinski definition) is 1. The average molecular weight is 443 g/mol. The lowest BCUT2D eigenvalue weighted by Crippen LogP contribution is -2.44. The Balaban J connectivity index is 1.75. The fraction of sp³-hybridized carbons (Fsp3) is 0.476. The third-order valence-electron chi connectivity index (χ3n) is 6.23. The van der Waals surface area contributed by atoms with Crippen molar-refractivity contribution in [2.24, 2.45) is 0 Å². The van der Waals surface area contributed by atoms with Crippen molar-refractivity contribution in [2.45, 2.75) is 30.6 Å². The summed E-state index contributed by atoms with van der Waals surface area (Å²) >= 11 is 0. The third kappa shape index (κ3) is 3.25. The van der Waals surface area contributed by atoms with Crippen LogP contribution in [0.5, 0.6) is 0 Å². The third-order valence-corrected chi connectivity index (χ3v) is 8.26. The summed E-state index contributed by atoms with van der Waals surface area (Å²) in [5, 5.41) is 3.12. The molecule has 0 bridgehead atoms. The van der Waals surface area contributed by atoms with E-state index in [2.05, 4.69) is 22.1 Å². The molecule has 2 aliphatic rings. The highest BCUT2D eigenvalue weighted by Gasteiger charge is 2.55. The number of morpholine rings is 1. The molecule has 9 nitrogen and oxygen atoms in total. The van der Waals surface area contributed by atoms with Crippen LogP contribution in [0.3, 0.4) is 0 Å². The Morgan fingerprint density at radius 2 is 1.97 bits per heavy atom. The molecule has 164 valence electrons. The number of nitrogens with zero attached hydrogens (tertiary/aromatic N) is 5. The van der Waals surface area contributed by atoms with Crippen molar-refractivity contribution in [2.75, 3.05) is 43.3 Å². The summed E-state index contributed by atoms with van der Waals surface area (Å²) in [6, 6.07) is 9.73. The van der Waals surface area contributed by atoms with Crippen molar-refractivity contribution in [3.8, 4) is 5.95 Å². The minimum absolute atomic E-state index is 0.126. The molecule has 1 atom stereocenters. The number of sulfone groups is 1. The van der Waals surface area contributed by atoms with Crippen molar-refractivity contribution < 1.29 is 13.2 Å². The van der Waals surface area contributed by atoms with Gasteiger partial charge in [-0.15, -0.1) is 0 Å². The van der Waals surface area contributed by atoms with Crippen molar-refractivity contribution in [3.05, 3.63) is 36.0 Å². The fourth-order valence-electron chi connectivity index (χ4n) is 4.30. The van der Waals surface area contributed by atoms with E-state index in [1.165, 1.54) is 6.26 Å². The molecule has 3 aromatic rings. The highest BCUT2D eigenvalue weighted by molar-refractivity contribution is 7.91. The van der Waals surface area contributed by atoms with E-state index in [0.29, 0.717) is 56.0 Å². The maximum absolute atomic E-state index is 12.7. The van der Waals surface area contributed by atoms with Gasteiger partial charge in [-0.2, -0.15) is 4.98 Å². The van der Waals surface area contributed by atoms with Gasteiger partial charge >= 0.3 is 0 Å². The van der Waals surface area contributed by atoms with Crippen LogP contribution in [0, 0.1) is 0 Å². The molecule has 2 aromatic heterocycles. The van der Waals surface area contributed by atoms with E-state index in [1.54, 1.807) is 7.05 Å². The number of nitrogens with one attached hydrogen (secondary N) is 1. The summed E-state index contributed by atoms with van der Waals surface area (Å²) in [6.07, 6.45) is 2.44. The lowest BCUT2D eigenvalue weighted by atomic mass is 10.2. The molecule has 1 aliphatic carbocycles. The maximum Gasteiger partial charge on any atom is 0.239 e. The first-order valence-electron chi connectivity index (χ1n) is 10.4. The number of fused-ring (bicyclic) bond motifs is 1. The van der Waals surface area contributed by atoms with Crippen LogP contribution in [0.2, 0.25) is 0 Å². The lowest BCUT2D eigenvalue weighted by molar-refractivity contribution is 0.0985. The van der Waals surface area contributed by atoms with Crippen LogP contribution in [0.15, 0.2) is 30.3 Å². The van der Waals surface area contributed by atoms with E-state index in [4.69, 9.17) is 14.7 Å². The first kappa shape index (κ1) is 20.2.